The van der Waals surface area contributed by atoms with E-state index in [1.165, 1.54) is 98.4 Å². The van der Waals surface area contributed by atoms with Crippen molar-refractivity contribution in [3.8, 4) is 44.5 Å². The summed E-state index contributed by atoms with van der Waals surface area (Å²) in [5.74, 6) is 0. The van der Waals surface area contributed by atoms with Gasteiger partial charge in [-0.1, -0.05) is 200 Å². The zero-order chi connectivity index (χ0) is 41.7. The van der Waals surface area contributed by atoms with E-state index in [2.05, 4.69) is 254 Å². The maximum Gasteiger partial charge on any atom is 0.0468 e. The van der Waals surface area contributed by atoms with E-state index in [0.717, 1.165) is 17.1 Å². The minimum Gasteiger partial charge on any atom is -0.310 e. The lowest BCUT2D eigenvalue weighted by Gasteiger charge is -2.28. The van der Waals surface area contributed by atoms with Gasteiger partial charge in [-0.2, -0.15) is 0 Å². The number of rotatable bonds is 7. The Kier molecular flexibility index (Phi) is 8.90. The van der Waals surface area contributed by atoms with Crippen molar-refractivity contribution in [2.24, 2.45) is 0 Å². The lowest BCUT2D eigenvalue weighted by atomic mass is 9.86. The van der Waals surface area contributed by atoms with Crippen LogP contribution in [0.2, 0.25) is 0 Å². The fourth-order valence-electron chi connectivity index (χ4n) is 9.83. The molecule has 12 aromatic rings. The molecule has 294 valence electrons. The van der Waals surface area contributed by atoms with Crippen molar-refractivity contribution in [1.29, 1.82) is 0 Å². The largest absolute Gasteiger partial charge is 0.310 e. The Labute approximate surface area is 367 Å². The van der Waals surface area contributed by atoms with Crippen LogP contribution in [0.1, 0.15) is 0 Å². The minimum atomic E-state index is 1.08. The van der Waals surface area contributed by atoms with Crippen LogP contribution in [0.15, 0.2) is 249 Å². The van der Waals surface area contributed by atoms with Crippen molar-refractivity contribution in [3.63, 3.8) is 0 Å². The van der Waals surface area contributed by atoms with Crippen molar-refractivity contribution in [3.05, 3.63) is 249 Å². The molecule has 12 rings (SSSR count). The van der Waals surface area contributed by atoms with Crippen LogP contribution in [0.3, 0.4) is 0 Å². The highest BCUT2D eigenvalue weighted by molar-refractivity contribution is 6.18. The molecule has 0 saturated heterocycles. The maximum atomic E-state index is 2.43. The lowest BCUT2D eigenvalue weighted by molar-refractivity contribution is 1.28. The van der Waals surface area contributed by atoms with Crippen LogP contribution in [0, 0.1) is 0 Å². The third kappa shape index (κ3) is 6.42. The topological polar surface area (TPSA) is 3.24 Å². The number of hydrogen-bond acceptors (Lipinski definition) is 1. The summed E-state index contributed by atoms with van der Waals surface area (Å²) in [6.07, 6.45) is 0. The van der Waals surface area contributed by atoms with Gasteiger partial charge in [0.15, 0.2) is 0 Å². The number of fused-ring (bicyclic) bond motifs is 7. The van der Waals surface area contributed by atoms with E-state index in [-0.39, 0.29) is 0 Å². The Balaban J connectivity index is 1.11. The van der Waals surface area contributed by atoms with E-state index in [4.69, 9.17) is 0 Å². The van der Waals surface area contributed by atoms with E-state index >= 15 is 0 Å². The van der Waals surface area contributed by atoms with Crippen LogP contribution in [-0.4, -0.2) is 0 Å². The second-order valence-corrected chi connectivity index (χ2v) is 16.4. The Bertz CT molecular complexity index is 3650. The fourth-order valence-corrected chi connectivity index (χ4v) is 9.83. The Morgan fingerprint density at radius 1 is 0.190 bits per heavy atom. The van der Waals surface area contributed by atoms with Crippen LogP contribution in [0.25, 0.3) is 98.4 Å². The van der Waals surface area contributed by atoms with Gasteiger partial charge in [0, 0.05) is 17.1 Å². The first kappa shape index (κ1) is 36.6. The molecule has 1 heteroatoms. The molecule has 0 heterocycles. The summed E-state index contributed by atoms with van der Waals surface area (Å²) in [4.78, 5) is 2.41. The SMILES string of the molecule is c1ccc(-c2ccc(N(c3ccc(-c4cccc5ccccc45)cc3)c3ccc(-c4cc5ccccc5c5ccccc45)c(-c4cc5ccccc5c5ccccc45)c3)cc2)cc1. The van der Waals surface area contributed by atoms with E-state index in [9.17, 15) is 0 Å². The molecule has 0 atom stereocenters. The van der Waals surface area contributed by atoms with Crippen molar-refractivity contribution in [2.75, 3.05) is 4.90 Å². The minimum absolute atomic E-state index is 1.08. The third-order valence-electron chi connectivity index (χ3n) is 12.8. The Hall–Kier alpha value is -8.26. The van der Waals surface area contributed by atoms with Gasteiger partial charge >= 0.3 is 0 Å². The lowest BCUT2D eigenvalue weighted by Crippen LogP contribution is -2.10. The predicted octanol–water partition coefficient (Wildman–Crippen LogP) is 17.6. The Morgan fingerprint density at radius 2 is 0.619 bits per heavy atom. The number of anilines is 3. The highest BCUT2D eigenvalue weighted by atomic mass is 15.1. The molecule has 0 aliphatic heterocycles. The van der Waals surface area contributed by atoms with Crippen LogP contribution < -0.4 is 4.90 Å². The first-order valence-electron chi connectivity index (χ1n) is 21.7. The average Bonchev–Trinajstić information content (AvgIpc) is 3.36. The molecule has 1 nitrogen and oxygen atoms in total. The monoisotopic (exact) mass is 799 g/mol. The highest BCUT2D eigenvalue weighted by Gasteiger charge is 2.21. The molecule has 0 radical (unpaired) electrons. The Morgan fingerprint density at radius 3 is 1.22 bits per heavy atom. The molecule has 0 amide bonds. The highest BCUT2D eigenvalue weighted by Crippen LogP contribution is 2.47. The summed E-state index contributed by atoms with van der Waals surface area (Å²) >= 11 is 0. The van der Waals surface area contributed by atoms with Crippen LogP contribution in [0.4, 0.5) is 17.1 Å². The van der Waals surface area contributed by atoms with E-state index in [0.29, 0.717) is 0 Å². The van der Waals surface area contributed by atoms with Gasteiger partial charge in [0.25, 0.3) is 0 Å². The van der Waals surface area contributed by atoms with Gasteiger partial charge in [0.05, 0.1) is 0 Å². The molecule has 12 aromatic carbocycles. The van der Waals surface area contributed by atoms with Gasteiger partial charge in [-0.25, -0.2) is 0 Å². The van der Waals surface area contributed by atoms with Gasteiger partial charge in [0.1, 0.15) is 0 Å². The van der Waals surface area contributed by atoms with Crippen molar-refractivity contribution in [1.82, 2.24) is 0 Å². The molecular formula is C62H41N. The summed E-state index contributed by atoms with van der Waals surface area (Å²) in [5.41, 5.74) is 12.9. The second-order valence-electron chi connectivity index (χ2n) is 16.4. The second kappa shape index (κ2) is 15.3. The molecule has 0 unspecified atom stereocenters. The van der Waals surface area contributed by atoms with Gasteiger partial charge in [-0.3, -0.25) is 0 Å². The molecule has 0 fully saturated rings. The maximum absolute atomic E-state index is 2.43. The first-order chi connectivity index (χ1) is 31.2. The summed E-state index contributed by atoms with van der Waals surface area (Å²) in [7, 11) is 0. The number of hydrogen-bond donors (Lipinski definition) is 0. The van der Waals surface area contributed by atoms with E-state index in [1.54, 1.807) is 0 Å². The standard InChI is InChI=1S/C62H41N/c1-2-15-42(16-3-1)43-29-33-48(34-30-43)63(49-35-31-45(32-36-49)52-28-14-20-44-17-4-7-21-51(44)52)50-37-38-59(60-39-46-18-5-8-22-53(46)55-24-10-12-26-57(55)60)62(41-50)61-40-47-19-6-9-23-54(47)56-25-11-13-27-58(56)61/h1-41H. The molecule has 0 bridgehead atoms. The van der Waals surface area contributed by atoms with E-state index in [1.807, 2.05) is 0 Å². The molecule has 0 aromatic heterocycles. The van der Waals surface area contributed by atoms with Crippen LogP contribution in [0.5, 0.6) is 0 Å². The molecular weight excluding hydrogens is 759 g/mol. The van der Waals surface area contributed by atoms with Crippen LogP contribution >= 0.6 is 0 Å². The van der Waals surface area contributed by atoms with Crippen LogP contribution in [-0.2, 0) is 0 Å². The first-order valence-corrected chi connectivity index (χ1v) is 21.7. The van der Waals surface area contributed by atoms with E-state index < -0.39 is 0 Å². The third-order valence-corrected chi connectivity index (χ3v) is 12.8. The molecule has 0 spiro atoms. The zero-order valence-electron chi connectivity index (χ0n) is 34.6. The summed E-state index contributed by atoms with van der Waals surface area (Å²) in [6, 6.07) is 91.2. The smallest absolute Gasteiger partial charge is 0.0468 e. The van der Waals surface area contributed by atoms with Gasteiger partial charge in [0.2, 0.25) is 0 Å². The van der Waals surface area contributed by atoms with Gasteiger partial charge in [-0.05, 0) is 147 Å². The van der Waals surface area contributed by atoms with Crippen molar-refractivity contribution in [2.45, 2.75) is 0 Å². The molecule has 0 N–H and O–H groups in total. The zero-order valence-corrected chi connectivity index (χ0v) is 34.6. The summed E-state index contributed by atoms with van der Waals surface area (Å²) in [6.45, 7) is 0. The van der Waals surface area contributed by atoms with Crippen molar-refractivity contribution >= 4 is 70.9 Å². The summed E-state index contributed by atoms with van der Waals surface area (Å²) < 4.78 is 0. The average molecular weight is 800 g/mol. The molecule has 0 saturated carbocycles. The number of benzene rings is 12. The molecule has 63 heavy (non-hydrogen) atoms. The normalized spacial score (nSPS) is 11.5. The van der Waals surface area contributed by atoms with Gasteiger partial charge < -0.3 is 4.90 Å². The molecule has 0 aliphatic carbocycles. The van der Waals surface area contributed by atoms with Crippen molar-refractivity contribution < 1.29 is 0 Å². The predicted molar refractivity (Wildman–Crippen MR) is 270 cm³/mol. The van der Waals surface area contributed by atoms with Gasteiger partial charge in [-0.15, -0.1) is 0 Å². The molecule has 0 aliphatic rings. The summed E-state index contributed by atoms with van der Waals surface area (Å²) in [5, 5.41) is 12.5. The quantitative estimate of drug-likeness (QED) is 0.145. The fraction of sp³-hybridized carbons (Fsp3) is 0. The number of nitrogens with zero attached hydrogens (tertiary/aromatic N) is 1.